The standard InChI is InChI=1S/C38H78O7/c1-7-13-15-17-19-21-23-25-27-29-31-33-37(40-9-3,41-10-4)44-35-39-36-45-38(42-11-5,43-12-6)34-32-30-28-26-24-22-20-18-16-14-8-2/h7-36H2,1-6H3. The average Bonchev–Trinajstić information content (AvgIpc) is 3.03. The number of rotatable bonds is 38. The van der Waals surface area contributed by atoms with E-state index < -0.39 is 11.9 Å². The first-order valence-corrected chi connectivity index (χ1v) is 19.5. The van der Waals surface area contributed by atoms with E-state index in [4.69, 9.17) is 33.2 Å². The highest BCUT2D eigenvalue weighted by molar-refractivity contribution is 4.61. The van der Waals surface area contributed by atoms with Crippen molar-refractivity contribution in [3.05, 3.63) is 0 Å². The number of hydrogen-bond donors (Lipinski definition) is 0. The maximum atomic E-state index is 6.08. The van der Waals surface area contributed by atoms with Crippen LogP contribution in [0.3, 0.4) is 0 Å². The zero-order chi connectivity index (χ0) is 33.2. The van der Waals surface area contributed by atoms with Gasteiger partial charge in [0.25, 0.3) is 11.9 Å². The van der Waals surface area contributed by atoms with Gasteiger partial charge in [0, 0.05) is 39.3 Å². The van der Waals surface area contributed by atoms with Crippen LogP contribution in [-0.4, -0.2) is 52.0 Å². The molecule has 0 spiro atoms. The molecule has 0 heterocycles. The first-order chi connectivity index (χ1) is 22.1. The molecule has 0 bridgehead atoms. The molecule has 45 heavy (non-hydrogen) atoms. The van der Waals surface area contributed by atoms with Crippen molar-refractivity contribution < 1.29 is 33.2 Å². The Kier molecular flexibility index (Phi) is 33.4. The first kappa shape index (κ1) is 44.7. The van der Waals surface area contributed by atoms with Crippen LogP contribution in [0.1, 0.15) is 196 Å². The van der Waals surface area contributed by atoms with Gasteiger partial charge in [-0.2, -0.15) is 0 Å². The summed E-state index contributed by atoms with van der Waals surface area (Å²) in [6, 6.07) is 0. The molecule has 0 aliphatic carbocycles. The minimum atomic E-state index is -1.09. The van der Waals surface area contributed by atoms with Gasteiger partial charge in [-0.05, 0) is 40.5 Å². The van der Waals surface area contributed by atoms with Crippen LogP contribution in [0.2, 0.25) is 0 Å². The largest absolute Gasteiger partial charge is 0.329 e. The third kappa shape index (κ3) is 26.4. The summed E-state index contributed by atoms with van der Waals surface area (Å²) in [7, 11) is 0. The second-order valence-corrected chi connectivity index (χ2v) is 12.4. The van der Waals surface area contributed by atoms with Gasteiger partial charge in [0.1, 0.15) is 0 Å². The van der Waals surface area contributed by atoms with Gasteiger partial charge in [0.2, 0.25) is 0 Å². The topological polar surface area (TPSA) is 64.6 Å². The van der Waals surface area contributed by atoms with Crippen LogP contribution in [0, 0.1) is 0 Å². The van der Waals surface area contributed by atoms with Crippen molar-refractivity contribution in [3.63, 3.8) is 0 Å². The molecule has 272 valence electrons. The third-order valence-corrected chi connectivity index (χ3v) is 8.35. The number of ether oxygens (including phenoxy) is 7. The van der Waals surface area contributed by atoms with Crippen LogP contribution >= 0.6 is 0 Å². The second-order valence-electron chi connectivity index (χ2n) is 12.4. The molecule has 0 unspecified atom stereocenters. The van der Waals surface area contributed by atoms with Crippen molar-refractivity contribution in [2.75, 3.05) is 40.0 Å². The van der Waals surface area contributed by atoms with Crippen molar-refractivity contribution in [1.29, 1.82) is 0 Å². The Morgan fingerprint density at radius 2 is 0.533 bits per heavy atom. The van der Waals surface area contributed by atoms with Crippen molar-refractivity contribution in [2.24, 2.45) is 0 Å². The van der Waals surface area contributed by atoms with Gasteiger partial charge in [-0.3, -0.25) is 0 Å². The Bertz CT molecular complexity index is 514. The number of unbranched alkanes of at least 4 members (excludes halogenated alkanes) is 20. The maximum absolute atomic E-state index is 6.08. The fourth-order valence-corrected chi connectivity index (χ4v) is 5.87. The molecule has 0 N–H and O–H groups in total. The minimum Gasteiger partial charge on any atom is -0.329 e. The van der Waals surface area contributed by atoms with Crippen LogP contribution in [0.4, 0.5) is 0 Å². The van der Waals surface area contributed by atoms with E-state index >= 15 is 0 Å². The van der Waals surface area contributed by atoms with E-state index in [1.807, 2.05) is 27.7 Å². The lowest BCUT2D eigenvalue weighted by atomic mass is 10.0. The van der Waals surface area contributed by atoms with Gasteiger partial charge in [-0.1, -0.05) is 142 Å². The highest BCUT2D eigenvalue weighted by Gasteiger charge is 2.34. The molecule has 0 rings (SSSR count). The molecule has 0 aromatic carbocycles. The van der Waals surface area contributed by atoms with Gasteiger partial charge in [-0.25, -0.2) is 0 Å². The van der Waals surface area contributed by atoms with Crippen LogP contribution in [0.5, 0.6) is 0 Å². The Morgan fingerprint density at radius 1 is 0.289 bits per heavy atom. The molecule has 0 aliphatic rings. The van der Waals surface area contributed by atoms with Crippen molar-refractivity contribution in [2.45, 2.75) is 208 Å². The van der Waals surface area contributed by atoms with Gasteiger partial charge >= 0.3 is 0 Å². The summed E-state index contributed by atoms with van der Waals surface area (Å²) in [6.45, 7) is 14.4. The minimum absolute atomic E-state index is 0.00477. The highest BCUT2D eigenvalue weighted by Crippen LogP contribution is 2.26. The summed E-state index contributed by atoms with van der Waals surface area (Å²) in [6.07, 6.45) is 29.8. The lowest BCUT2D eigenvalue weighted by Crippen LogP contribution is -2.42. The summed E-state index contributed by atoms with van der Waals surface area (Å²) in [5.41, 5.74) is 0. The zero-order valence-electron chi connectivity index (χ0n) is 31.1. The number of hydrogen-bond acceptors (Lipinski definition) is 7. The van der Waals surface area contributed by atoms with Crippen LogP contribution in [0.15, 0.2) is 0 Å². The zero-order valence-corrected chi connectivity index (χ0v) is 31.1. The van der Waals surface area contributed by atoms with Gasteiger partial charge in [0.05, 0.1) is 0 Å². The Hall–Kier alpha value is -0.280. The molecule has 0 amide bonds. The van der Waals surface area contributed by atoms with E-state index in [-0.39, 0.29) is 13.6 Å². The monoisotopic (exact) mass is 647 g/mol. The molecule has 0 atom stereocenters. The molecule has 0 radical (unpaired) electrons. The first-order valence-electron chi connectivity index (χ1n) is 19.5. The molecule has 0 aromatic rings. The van der Waals surface area contributed by atoms with E-state index in [9.17, 15) is 0 Å². The normalized spacial score (nSPS) is 12.4. The van der Waals surface area contributed by atoms with Crippen LogP contribution < -0.4 is 0 Å². The molecule has 0 saturated carbocycles. The summed E-state index contributed by atoms with van der Waals surface area (Å²) in [4.78, 5) is 0. The van der Waals surface area contributed by atoms with E-state index in [1.54, 1.807) is 0 Å². The Labute approximate surface area is 280 Å². The predicted octanol–water partition coefficient (Wildman–Crippen LogP) is 11.8. The molecular formula is C38H78O7. The molecule has 0 aliphatic heterocycles. The maximum Gasteiger partial charge on any atom is 0.284 e. The van der Waals surface area contributed by atoms with Crippen molar-refractivity contribution in [1.82, 2.24) is 0 Å². The van der Waals surface area contributed by atoms with Crippen LogP contribution in [-0.2, 0) is 33.2 Å². The van der Waals surface area contributed by atoms with Gasteiger partial charge < -0.3 is 33.2 Å². The summed E-state index contributed by atoms with van der Waals surface area (Å²) < 4.78 is 41.9. The highest BCUT2D eigenvalue weighted by atomic mass is 16.9. The molecular weight excluding hydrogens is 568 g/mol. The quantitative estimate of drug-likeness (QED) is 0.0488. The van der Waals surface area contributed by atoms with E-state index in [0.717, 1.165) is 25.7 Å². The molecule has 0 aromatic heterocycles. The van der Waals surface area contributed by atoms with Crippen molar-refractivity contribution in [3.8, 4) is 0 Å². The summed E-state index contributed by atoms with van der Waals surface area (Å²) in [5, 5.41) is 0. The molecule has 0 fully saturated rings. The SMILES string of the molecule is CCCCCCCCCCCCCC(OCC)(OCC)OCOCOC(CCCCCCCCCCCCC)(OCC)OCC. The Morgan fingerprint density at radius 3 is 0.778 bits per heavy atom. The second kappa shape index (κ2) is 33.6. The lowest BCUT2D eigenvalue weighted by Gasteiger charge is -2.34. The van der Waals surface area contributed by atoms with E-state index in [2.05, 4.69) is 13.8 Å². The van der Waals surface area contributed by atoms with Crippen LogP contribution in [0.25, 0.3) is 0 Å². The smallest absolute Gasteiger partial charge is 0.284 e. The van der Waals surface area contributed by atoms with Gasteiger partial charge in [-0.15, -0.1) is 0 Å². The molecule has 7 nitrogen and oxygen atoms in total. The summed E-state index contributed by atoms with van der Waals surface area (Å²) >= 11 is 0. The lowest BCUT2D eigenvalue weighted by molar-refractivity contribution is -0.422. The summed E-state index contributed by atoms with van der Waals surface area (Å²) in [5.74, 6) is -2.18. The third-order valence-electron chi connectivity index (χ3n) is 8.35. The molecule has 7 heteroatoms. The average molecular weight is 647 g/mol. The van der Waals surface area contributed by atoms with E-state index in [0.29, 0.717) is 39.3 Å². The van der Waals surface area contributed by atoms with Gasteiger partial charge in [0.15, 0.2) is 13.6 Å². The molecule has 0 saturated heterocycles. The fraction of sp³-hybridized carbons (Fsp3) is 1.00. The van der Waals surface area contributed by atoms with E-state index in [1.165, 1.54) is 116 Å². The Balaban J connectivity index is 4.46. The predicted molar refractivity (Wildman–Crippen MR) is 187 cm³/mol. The van der Waals surface area contributed by atoms with Crippen molar-refractivity contribution >= 4 is 0 Å². The fourth-order valence-electron chi connectivity index (χ4n) is 5.87.